The number of aromatic nitrogens is 2. The smallest absolute Gasteiger partial charge is 0.279 e. The Balaban J connectivity index is 2.32. The van der Waals surface area contributed by atoms with Crippen molar-refractivity contribution in [2.24, 2.45) is 0 Å². The quantitative estimate of drug-likeness (QED) is 0.813. The number of hydrogen-bond donors (Lipinski definition) is 1. The van der Waals surface area contributed by atoms with Crippen molar-refractivity contribution in [2.75, 3.05) is 7.05 Å². The Kier molecular flexibility index (Phi) is 3.90. The first-order valence-electron chi connectivity index (χ1n) is 5.79. The van der Waals surface area contributed by atoms with Crippen LogP contribution in [0, 0.1) is 0 Å². The fourth-order valence-corrected chi connectivity index (χ4v) is 1.64. The van der Waals surface area contributed by atoms with E-state index in [1.54, 1.807) is 12.2 Å². The van der Waals surface area contributed by atoms with Gasteiger partial charge in [0.05, 0.1) is 6.54 Å². The van der Waals surface area contributed by atoms with E-state index in [1.165, 1.54) is 24.0 Å². The van der Waals surface area contributed by atoms with Crippen molar-refractivity contribution in [3.05, 3.63) is 69.9 Å². The zero-order chi connectivity index (χ0) is 13.7. The van der Waals surface area contributed by atoms with Crippen LogP contribution in [0.3, 0.4) is 0 Å². The van der Waals surface area contributed by atoms with E-state index < -0.39 is 11.5 Å². The van der Waals surface area contributed by atoms with E-state index in [9.17, 15) is 9.59 Å². The number of carbonyl (C=O) groups excluding carboxylic acids is 1. The lowest BCUT2D eigenvalue weighted by atomic mass is 10.2. The Morgan fingerprint density at radius 1 is 1.47 bits per heavy atom. The molecular formula is C14H13N3O2. The van der Waals surface area contributed by atoms with Gasteiger partial charge in [0.1, 0.15) is 5.56 Å². The summed E-state index contributed by atoms with van der Waals surface area (Å²) in [7, 11) is 1.49. The third-order valence-corrected chi connectivity index (χ3v) is 2.61. The van der Waals surface area contributed by atoms with Gasteiger partial charge in [-0.2, -0.15) is 5.10 Å². The van der Waals surface area contributed by atoms with Gasteiger partial charge in [0.2, 0.25) is 0 Å². The minimum Gasteiger partial charge on any atom is -0.355 e. The van der Waals surface area contributed by atoms with Crippen molar-refractivity contribution in [3.63, 3.8) is 0 Å². The molecule has 5 nitrogen and oxygen atoms in total. The van der Waals surface area contributed by atoms with Crippen LogP contribution in [0.4, 0.5) is 0 Å². The molecule has 0 radical (unpaired) electrons. The third-order valence-electron chi connectivity index (χ3n) is 2.61. The molecule has 0 saturated carbocycles. The molecule has 0 aliphatic heterocycles. The second-order valence-corrected chi connectivity index (χ2v) is 3.89. The molecule has 0 spiro atoms. The summed E-state index contributed by atoms with van der Waals surface area (Å²) in [5, 5.41) is 6.42. The Labute approximate surface area is 110 Å². The maximum absolute atomic E-state index is 12.1. The van der Waals surface area contributed by atoms with E-state index >= 15 is 0 Å². The fourth-order valence-electron chi connectivity index (χ4n) is 1.64. The van der Waals surface area contributed by atoms with Crippen molar-refractivity contribution >= 4 is 5.91 Å². The Morgan fingerprint density at radius 2 is 2.32 bits per heavy atom. The first-order valence-corrected chi connectivity index (χ1v) is 5.79. The number of amides is 1. The molecule has 5 heteroatoms. The van der Waals surface area contributed by atoms with Gasteiger partial charge in [-0.1, -0.05) is 12.2 Å². The average Bonchev–Trinajstić information content (AvgIpc) is 2.69. The lowest BCUT2D eigenvalue weighted by Gasteiger charge is -2.06. The molecule has 0 fully saturated rings. The van der Waals surface area contributed by atoms with Crippen LogP contribution in [0.2, 0.25) is 0 Å². The average molecular weight is 255 g/mol. The summed E-state index contributed by atoms with van der Waals surface area (Å²) in [5.41, 5.74) is 3.52. The Morgan fingerprint density at radius 3 is 3.11 bits per heavy atom. The molecule has 0 atom stereocenters. The standard InChI is InChI=1S/C14H13N3O2/c1-15-13(18)12-8-9-16-17(14(12)19)10-11-6-4-2-3-5-7-11/h2,4-9H,10H2,1H3,(H,15,18). The minimum absolute atomic E-state index is 0.0874. The molecule has 1 aromatic rings. The highest BCUT2D eigenvalue weighted by Gasteiger charge is 2.11. The Hall–Kier alpha value is -2.65. The highest BCUT2D eigenvalue weighted by Crippen LogP contribution is 2.03. The van der Waals surface area contributed by atoms with E-state index in [0.29, 0.717) is 6.54 Å². The summed E-state index contributed by atoms with van der Waals surface area (Å²) in [6, 6.07) is 1.41. The number of hydrogen-bond acceptors (Lipinski definition) is 3. The molecule has 1 aromatic heterocycles. The van der Waals surface area contributed by atoms with E-state index in [2.05, 4.69) is 16.1 Å². The van der Waals surface area contributed by atoms with Gasteiger partial charge < -0.3 is 5.32 Å². The molecule has 19 heavy (non-hydrogen) atoms. The van der Waals surface area contributed by atoms with Crippen LogP contribution >= 0.6 is 0 Å². The normalized spacial score (nSPS) is 13.0. The van der Waals surface area contributed by atoms with Crippen molar-refractivity contribution in [2.45, 2.75) is 6.54 Å². The van der Waals surface area contributed by atoms with Crippen LogP contribution in [0.15, 0.2) is 58.7 Å². The zero-order valence-electron chi connectivity index (χ0n) is 10.5. The largest absolute Gasteiger partial charge is 0.355 e. The summed E-state index contributed by atoms with van der Waals surface area (Å²) in [4.78, 5) is 23.6. The molecule has 0 bridgehead atoms. The van der Waals surface area contributed by atoms with Gasteiger partial charge in [-0.15, -0.1) is 5.73 Å². The summed E-state index contributed by atoms with van der Waals surface area (Å²) in [6.45, 7) is 0.312. The van der Waals surface area contributed by atoms with Crippen molar-refractivity contribution in [3.8, 4) is 0 Å². The van der Waals surface area contributed by atoms with Crippen LogP contribution in [-0.4, -0.2) is 22.7 Å². The summed E-state index contributed by atoms with van der Waals surface area (Å²) >= 11 is 0. The van der Waals surface area contributed by atoms with Gasteiger partial charge in [-0.3, -0.25) is 9.59 Å². The predicted octanol–water partition coefficient (Wildman–Crippen LogP) is 0.810. The molecule has 1 heterocycles. The van der Waals surface area contributed by atoms with Crippen LogP contribution in [-0.2, 0) is 6.54 Å². The van der Waals surface area contributed by atoms with E-state index in [0.717, 1.165) is 5.57 Å². The minimum atomic E-state index is -0.409. The zero-order valence-corrected chi connectivity index (χ0v) is 10.5. The Bertz CT molecular complexity index is 674. The second kappa shape index (κ2) is 5.80. The highest BCUT2D eigenvalue weighted by atomic mass is 16.2. The molecule has 1 aliphatic carbocycles. The summed E-state index contributed by atoms with van der Waals surface area (Å²) < 4.78 is 1.26. The highest BCUT2D eigenvalue weighted by molar-refractivity contribution is 5.93. The van der Waals surface area contributed by atoms with Gasteiger partial charge in [0.15, 0.2) is 0 Å². The number of carbonyl (C=O) groups is 1. The summed E-state index contributed by atoms with van der Waals surface area (Å²) in [5.74, 6) is -0.409. The molecule has 1 aliphatic rings. The maximum Gasteiger partial charge on any atom is 0.279 e. The number of rotatable bonds is 3. The van der Waals surface area contributed by atoms with Crippen molar-refractivity contribution in [1.82, 2.24) is 15.1 Å². The maximum atomic E-state index is 12.1. The molecule has 1 amide bonds. The molecular weight excluding hydrogens is 242 g/mol. The van der Waals surface area contributed by atoms with E-state index in [-0.39, 0.29) is 5.56 Å². The van der Waals surface area contributed by atoms with Crippen LogP contribution in [0.5, 0.6) is 0 Å². The van der Waals surface area contributed by atoms with Crippen LogP contribution < -0.4 is 10.9 Å². The van der Waals surface area contributed by atoms with E-state index in [1.807, 2.05) is 18.2 Å². The third kappa shape index (κ3) is 2.97. The van der Waals surface area contributed by atoms with E-state index in [4.69, 9.17) is 0 Å². The number of nitrogens with one attached hydrogen (secondary N) is 1. The first kappa shape index (κ1) is 12.8. The van der Waals surface area contributed by atoms with Gasteiger partial charge in [0, 0.05) is 13.2 Å². The lowest BCUT2D eigenvalue weighted by Crippen LogP contribution is -2.32. The van der Waals surface area contributed by atoms with Gasteiger partial charge in [-0.25, -0.2) is 4.68 Å². The topological polar surface area (TPSA) is 64.0 Å². The van der Waals surface area contributed by atoms with Gasteiger partial charge in [-0.05, 0) is 29.9 Å². The monoisotopic (exact) mass is 255 g/mol. The predicted molar refractivity (Wildman–Crippen MR) is 71.8 cm³/mol. The lowest BCUT2D eigenvalue weighted by molar-refractivity contribution is 0.0960. The SMILES string of the molecule is CNC(=O)c1ccnn(CC2=CC=C=CC=C2)c1=O. The molecule has 0 saturated heterocycles. The first-order chi connectivity index (χ1) is 9.22. The molecule has 96 valence electrons. The van der Waals surface area contributed by atoms with Gasteiger partial charge in [0.25, 0.3) is 11.5 Å². The number of allylic oxidation sites excluding steroid dienone is 5. The molecule has 1 N–H and O–H groups in total. The summed E-state index contributed by atoms with van der Waals surface area (Å²) in [6.07, 6.45) is 10.5. The fraction of sp³-hybridized carbons (Fsp3) is 0.143. The van der Waals surface area contributed by atoms with Crippen LogP contribution in [0.1, 0.15) is 10.4 Å². The molecule has 0 unspecified atom stereocenters. The molecule has 2 rings (SSSR count). The number of nitrogens with zero attached hydrogens (tertiary/aromatic N) is 2. The van der Waals surface area contributed by atoms with Crippen molar-refractivity contribution in [1.29, 1.82) is 0 Å². The second-order valence-electron chi connectivity index (χ2n) is 3.89. The van der Waals surface area contributed by atoms with Crippen LogP contribution in [0.25, 0.3) is 0 Å². The molecule has 0 aromatic carbocycles. The van der Waals surface area contributed by atoms with Gasteiger partial charge >= 0.3 is 0 Å². The van der Waals surface area contributed by atoms with Crippen molar-refractivity contribution < 1.29 is 4.79 Å².